The molecule has 2 aromatic carbocycles. The van der Waals surface area contributed by atoms with E-state index in [4.69, 9.17) is 11.6 Å². The fraction of sp³-hybridized carbons (Fsp3) is 0.167. The Hall–Kier alpha value is -2.79. The van der Waals surface area contributed by atoms with Crippen LogP contribution in [0.3, 0.4) is 0 Å². The molecule has 0 bridgehead atoms. The standard InChI is InChI=1S/C18H16ClF4N3O3S/c1-11(24-25-17(27)18(21,22)23)12-6-7-13(16(20)8-12)10-26(30(2,28)29)15-5-3-4-14(19)9-15/h3-9,24H,1,10H2,2H3,(H,25,27). The van der Waals surface area contributed by atoms with Crippen molar-refractivity contribution in [2.75, 3.05) is 10.6 Å². The molecule has 0 aliphatic heterocycles. The minimum atomic E-state index is -5.10. The van der Waals surface area contributed by atoms with Gasteiger partial charge in [0.05, 0.1) is 24.2 Å². The molecule has 12 heteroatoms. The number of carbonyl (C=O) groups is 1. The van der Waals surface area contributed by atoms with Crippen LogP contribution >= 0.6 is 11.6 Å². The maximum Gasteiger partial charge on any atom is 0.472 e. The molecule has 0 aliphatic carbocycles. The summed E-state index contributed by atoms with van der Waals surface area (Å²) in [5.74, 6) is -3.07. The second-order valence-electron chi connectivity index (χ2n) is 6.11. The van der Waals surface area contributed by atoms with Gasteiger partial charge < -0.3 is 0 Å². The van der Waals surface area contributed by atoms with Crippen LogP contribution in [0.4, 0.5) is 23.2 Å². The van der Waals surface area contributed by atoms with Gasteiger partial charge in [0.1, 0.15) is 5.82 Å². The normalized spacial score (nSPS) is 11.7. The van der Waals surface area contributed by atoms with Crippen LogP contribution in [0, 0.1) is 5.82 Å². The summed E-state index contributed by atoms with van der Waals surface area (Å²) in [5, 5.41) is 0.292. The SMILES string of the molecule is C=C(NNC(=O)C(F)(F)F)c1ccc(CN(c2cccc(Cl)c2)S(C)(=O)=O)c(F)c1. The highest BCUT2D eigenvalue weighted by Gasteiger charge is 2.38. The number of hydrazine groups is 1. The van der Waals surface area contributed by atoms with Crippen LogP contribution in [0.1, 0.15) is 11.1 Å². The zero-order chi connectivity index (χ0) is 22.7. The summed E-state index contributed by atoms with van der Waals surface area (Å²) in [7, 11) is -3.78. The van der Waals surface area contributed by atoms with Crippen molar-refractivity contribution >= 4 is 38.9 Å². The molecule has 0 unspecified atom stereocenters. The van der Waals surface area contributed by atoms with E-state index in [0.29, 0.717) is 5.02 Å². The Morgan fingerprint density at radius 2 is 1.83 bits per heavy atom. The van der Waals surface area contributed by atoms with Gasteiger partial charge in [-0.3, -0.25) is 20.0 Å². The fourth-order valence-electron chi connectivity index (χ4n) is 2.32. The van der Waals surface area contributed by atoms with E-state index in [0.717, 1.165) is 16.6 Å². The third-order valence-electron chi connectivity index (χ3n) is 3.80. The Bertz CT molecular complexity index is 1070. The van der Waals surface area contributed by atoms with Gasteiger partial charge in [0, 0.05) is 16.1 Å². The molecule has 2 N–H and O–H groups in total. The van der Waals surface area contributed by atoms with Gasteiger partial charge in [0.15, 0.2) is 0 Å². The Balaban J connectivity index is 2.21. The van der Waals surface area contributed by atoms with Crippen molar-refractivity contribution in [2.24, 2.45) is 0 Å². The Labute approximate surface area is 175 Å². The number of sulfonamides is 1. The predicted octanol–water partition coefficient (Wildman–Crippen LogP) is 3.60. The summed E-state index contributed by atoms with van der Waals surface area (Å²) in [4.78, 5) is 10.8. The van der Waals surface area contributed by atoms with Gasteiger partial charge in [0.25, 0.3) is 0 Å². The maximum absolute atomic E-state index is 14.6. The third-order valence-corrected chi connectivity index (χ3v) is 5.17. The lowest BCUT2D eigenvalue weighted by Crippen LogP contribution is -2.44. The van der Waals surface area contributed by atoms with Crippen molar-refractivity contribution in [3.05, 3.63) is 71.0 Å². The molecule has 162 valence electrons. The largest absolute Gasteiger partial charge is 0.472 e. The first-order valence-corrected chi connectivity index (χ1v) is 10.4. The van der Waals surface area contributed by atoms with Crippen molar-refractivity contribution < 1.29 is 30.8 Å². The van der Waals surface area contributed by atoms with Crippen molar-refractivity contribution in [3.63, 3.8) is 0 Å². The van der Waals surface area contributed by atoms with Crippen LogP contribution in [0.15, 0.2) is 49.0 Å². The summed E-state index contributed by atoms with van der Waals surface area (Å²) in [6, 6.07) is 9.51. The van der Waals surface area contributed by atoms with Crippen molar-refractivity contribution in [3.8, 4) is 0 Å². The summed E-state index contributed by atoms with van der Waals surface area (Å²) < 4.78 is 76.4. The second kappa shape index (κ2) is 8.92. The average Bonchev–Trinajstić information content (AvgIpc) is 2.62. The number of hydrogen-bond donors (Lipinski definition) is 2. The molecular weight excluding hydrogens is 450 g/mol. The molecular formula is C18H16ClF4N3O3S. The number of carbonyl (C=O) groups excluding carboxylic acids is 1. The number of nitrogens with zero attached hydrogens (tertiary/aromatic N) is 1. The molecule has 2 aromatic rings. The molecule has 1 amide bonds. The first-order chi connectivity index (χ1) is 13.8. The molecule has 6 nitrogen and oxygen atoms in total. The summed E-state index contributed by atoms with van der Waals surface area (Å²) in [6.07, 6.45) is -4.15. The number of amides is 1. The highest BCUT2D eigenvalue weighted by atomic mass is 35.5. The maximum atomic E-state index is 14.6. The molecule has 30 heavy (non-hydrogen) atoms. The van der Waals surface area contributed by atoms with E-state index in [1.807, 2.05) is 5.43 Å². The molecule has 0 atom stereocenters. The van der Waals surface area contributed by atoms with Gasteiger partial charge in [0.2, 0.25) is 10.0 Å². The van der Waals surface area contributed by atoms with Crippen LogP contribution in [0.2, 0.25) is 5.02 Å². The number of anilines is 1. The number of rotatable bonds is 7. The van der Waals surface area contributed by atoms with E-state index in [2.05, 4.69) is 6.58 Å². The third kappa shape index (κ3) is 6.10. The van der Waals surface area contributed by atoms with Gasteiger partial charge in [-0.15, -0.1) is 0 Å². The predicted molar refractivity (Wildman–Crippen MR) is 105 cm³/mol. The van der Waals surface area contributed by atoms with Crippen LogP contribution in [0.25, 0.3) is 5.70 Å². The molecule has 0 heterocycles. The van der Waals surface area contributed by atoms with Crippen LogP contribution < -0.4 is 15.2 Å². The van der Waals surface area contributed by atoms with Crippen LogP contribution in [0.5, 0.6) is 0 Å². The quantitative estimate of drug-likeness (QED) is 0.484. The second-order valence-corrected chi connectivity index (χ2v) is 8.45. The van der Waals surface area contributed by atoms with Crippen molar-refractivity contribution in [1.29, 1.82) is 0 Å². The lowest BCUT2D eigenvalue weighted by Gasteiger charge is -2.23. The van der Waals surface area contributed by atoms with Crippen LogP contribution in [-0.2, 0) is 21.4 Å². The van der Waals surface area contributed by atoms with E-state index in [9.17, 15) is 30.8 Å². The Kier molecular flexibility index (Phi) is 6.99. The van der Waals surface area contributed by atoms with Gasteiger partial charge in [-0.1, -0.05) is 36.4 Å². The first-order valence-electron chi connectivity index (χ1n) is 8.13. The monoisotopic (exact) mass is 465 g/mol. The van der Waals surface area contributed by atoms with Crippen molar-refractivity contribution in [1.82, 2.24) is 10.9 Å². The lowest BCUT2D eigenvalue weighted by atomic mass is 10.1. The minimum absolute atomic E-state index is 0.00345. The summed E-state index contributed by atoms with van der Waals surface area (Å²) >= 11 is 5.90. The Morgan fingerprint density at radius 1 is 1.17 bits per heavy atom. The van der Waals surface area contributed by atoms with E-state index in [1.165, 1.54) is 29.7 Å². The molecule has 0 radical (unpaired) electrons. The topological polar surface area (TPSA) is 78.5 Å². The van der Waals surface area contributed by atoms with Gasteiger partial charge in [-0.25, -0.2) is 12.8 Å². The molecule has 0 spiro atoms. The first kappa shape index (κ1) is 23.5. The lowest BCUT2D eigenvalue weighted by molar-refractivity contribution is -0.174. The van der Waals surface area contributed by atoms with E-state index in [-0.39, 0.29) is 29.1 Å². The number of hydrogen-bond acceptors (Lipinski definition) is 4. The molecule has 2 rings (SSSR count). The van der Waals surface area contributed by atoms with E-state index < -0.39 is 27.9 Å². The van der Waals surface area contributed by atoms with Gasteiger partial charge >= 0.3 is 12.1 Å². The molecule has 0 saturated heterocycles. The molecule has 0 aromatic heterocycles. The molecule has 0 fully saturated rings. The zero-order valence-corrected chi connectivity index (χ0v) is 17.0. The van der Waals surface area contributed by atoms with E-state index >= 15 is 0 Å². The zero-order valence-electron chi connectivity index (χ0n) is 15.4. The summed E-state index contributed by atoms with van der Waals surface area (Å²) in [6.45, 7) is 3.08. The molecule has 0 aliphatic rings. The van der Waals surface area contributed by atoms with Gasteiger partial charge in [-0.2, -0.15) is 13.2 Å². The Morgan fingerprint density at radius 3 is 2.37 bits per heavy atom. The number of benzene rings is 2. The van der Waals surface area contributed by atoms with Crippen LogP contribution in [-0.4, -0.2) is 26.8 Å². The fourth-order valence-corrected chi connectivity index (χ4v) is 3.38. The number of halogens is 5. The van der Waals surface area contributed by atoms with Gasteiger partial charge in [-0.05, 0) is 24.3 Å². The summed E-state index contributed by atoms with van der Waals surface area (Å²) in [5.41, 5.74) is 3.42. The molecule has 0 saturated carbocycles. The highest BCUT2D eigenvalue weighted by molar-refractivity contribution is 7.92. The van der Waals surface area contributed by atoms with Crippen molar-refractivity contribution in [2.45, 2.75) is 12.7 Å². The smallest absolute Gasteiger partial charge is 0.298 e. The number of alkyl halides is 3. The number of nitrogens with one attached hydrogen (secondary N) is 2. The minimum Gasteiger partial charge on any atom is -0.298 e. The highest BCUT2D eigenvalue weighted by Crippen LogP contribution is 2.25. The van der Waals surface area contributed by atoms with E-state index in [1.54, 1.807) is 12.1 Å². The average molecular weight is 466 g/mol.